The number of ether oxygens (including phenoxy) is 4. The van der Waals surface area contributed by atoms with Crippen LogP contribution in [-0.4, -0.2) is 69.6 Å². The average Bonchev–Trinajstić information content (AvgIpc) is 1.39. The van der Waals surface area contributed by atoms with Crippen LogP contribution in [-0.2, 0) is 13.3 Å². The molecule has 20 rings (SSSR count). The van der Waals surface area contributed by atoms with Gasteiger partial charge in [0.25, 0.3) is 0 Å². The average molecular weight is 1980 g/mol. The predicted octanol–water partition coefficient (Wildman–Crippen LogP) is 27.6. The number of rotatable bonds is 27. The summed E-state index contributed by atoms with van der Waals surface area (Å²) in [7, 11) is 3.51. The molecule has 0 spiro atoms. The van der Waals surface area contributed by atoms with Crippen LogP contribution >= 0.6 is 90.7 Å². The maximum atomic E-state index is 6.65. The number of nitrogens with zero attached hydrogens (tertiary/aromatic N) is 4. The van der Waals surface area contributed by atoms with E-state index in [1.807, 2.05) is 149 Å². The van der Waals surface area contributed by atoms with Gasteiger partial charge in [-0.05, 0) is 311 Å². The van der Waals surface area contributed by atoms with E-state index in [1.54, 1.807) is 39.8 Å². The van der Waals surface area contributed by atoms with Crippen LogP contribution in [0.3, 0.4) is 0 Å². The summed E-state index contributed by atoms with van der Waals surface area (Å²) in [5, 5.41) is 4.88. The van der Waals surface area contributed by atoms with Crippen molar-refractivity contribution in [2.75, 3.05) is 58.1 Å². The molecule has 8 aromatic heterocycles. The van der Waals surface area contributed by atoms with Crippen molar-refractivity contribution in [2.45, 2.75) is 132 Å². The van der Waals surface area contributed by atoms with E-state index in [1.165, 1.54) is 201 Å². The summed E-state index contributed by atoms with van der Waals surface area (Å²) in [4.78, 5) is 20.4. The van der Waals surface area contributed by atoms with Crippen molar-refractivity contribution in [2.24, 2.45) is 0 Å². The lowest BCUT2D eigenvalue weighted by atomic mass is 9.23. The zero-order chi connectivity index (χ0) is 96.8. The quantitative estimate of drug-likeness (QED) is 0.0468. The lowest BCUT2D eigenvalue weighted by Crippen LogP contribution is -2.84. The largest absolute Gasteiger partial charge is 0.553 e. The van der Waals surface area contributed by atoms with Gasteiger partial charge in [0.1, 0.15) is 39.9 Å². The molecule has 0 saturated carbocycles. The summed E-state index contributed by atoms with van der Waals surface area (Å²) in [6, 6.07) is 84.6. The van der Waals surface area contributed by atoms with Crippen molar-refractivity contribution in [1.29, 1.82) is 0 Å². The first kappa shape index (κ1) is 95.6. The monoisotopic (exact) mass is 1980 g/mol. The van der Waals surface area contributed by atoms with E-state index in [2.05, 4.69) is 329 Å². The molecule has 0 unspecified atom stereocenters. The van der Waals surface area contributed by atoms with Crippen LogP contribution in [0.2, 0.25) is 0 Å². The number of benzene rings is 10. The molecule has 0 saturated heterocycles. The van der Waals surface area contributed by atoms with E-state index in [9.17, 15) is 0 Å². The minimum atomic E-state index is -3.29. The molecule has 2 aliphatic rings. The minimum absolute atomic E-state index is 0.504. The third-order valence-corrected chi connectivity index (χ3v) is 41.6. The Labute approximate surface area is 846 Å². The maximum absolute atomic E-state index is 6.65. The Morgan fingerprint density at radius 1 is 0.275 bits per heavy atom. The van der Waals surface area contributed by atoms with Gasteiger partial charge in [-0.25, -0.2) is 0 Å². The Morgan fingerprint density at radius 2 is 0.536 bits per heavy atom. The summed E-state index contributed by atoms with van der Waals surface area (Å²) in [5.41, 5.74) is 38.3. The second-order valence-corrected chi connectivity index (χ2v) is 48.1. The smallest absolute Gasteiger partial charge is 0.497 e. The molecular formula is C116H116B2N4O7S8Si. The molecule has 700 valence electrons. The van der Waals surface area contributed by atoms with E-state index in [0.29, 0.717) is 19.8 Å². The van der Waals surface area contributed by atoms with Crippen LogP contribution in [0.25, 0.3) is 79.7 Å². The van der Waals surface area contributed by atoms with Gasteiger partial charge >= 0.3 is 21.4 Å². The summed E-state index contributed by atoms with van der Waals surface area (Å²) in [5.74, 6) is 3.30. The van der Waals surface area contributed by atoms with Crippen LogP contribution in [0.1, 0.15) is 110 Å². The van der Waals surface area contributed by atoms with Crippen molar-refractivity contribution in [3.8, 4) is 103 Å². The van der Waals surface area contributed by atoms with Crippen LogP contribution < -0.4 is 75.0 Å². The van der Waals surface area contributed by atoms with E-state index in [-0.39, 0.29) is 0 Å². The first-order chi connectivity index (χ1) is 66.6. The number of anilines is 6. The van der Waals surface area contributed by atoms with Gasteiger partial charge in [-0.1, -0.05) is 174 Å². The lowest BCUT2D eigenvalue weighted by Gasteiger charge is -2.38. The number of thiophene rings is 6. The summed E-state index contributed by atoms with van der Waals surface area (Å²) in [6.45, 7) is 44.2. The van der Waals surface area contributed by atoms with Crippen molar-refractivity contribution < 1.29 is 41.2 Å². The number of aromatic nitrogens is 2. The fourth-order valence-corrected chi connectivity index (χ4v) is 35.9. The second-order valence-electron chi connectivity index (χ2n) is 37.0. The number of fused-ring (bicyclic) bond motifs is 6. The molecule has 2 aliphatic heterocycles. The van der Waals surface area contributed by atoms with Crippen LogP contribution in [0.15, 0.2) is 248 Å². The highest BCUT2D eigenvalue weighted by Crippen LogP contribution is 2.52. The van der Waals surface area contributed by atoms with E-state index < -0.39 is 21.4 Å². The maximum Gasteiger partial charge on any atom is 0.553 e. The molecule has 18 aromatic rings. The molecule has 0 aliphatic carbocycles. The molecule has 22 heteroatoms. The van der Waals surface area contributed by atoms with Gasteiger partial charge in [0.05, 0.1) is 43.6 Å². The van der Waals surface area contributed by atoms with Gasteiger partial charge < -0.3 is 51.0 Å². The Bertz CT molecular complexity index is 7320. The number of aryl methyl sites for hydroxylation is 16. The fourth-order valence-electron chi connectivity index (χ4n) is 22.6. The Morgan fingerprint density at radius 3 is 0.841 bits per heavy atom. The Balaban J connectivity index is 0.000000178. The number of methoxy groups -OCH3 is 4. The third kappa shape index (κ3) is 16.8. The van der Waals surface area contributed by atoms with Gasteiger partial charge in [0, 0.05) is 103 Å². The van der Waals surface area contributed by atoms with Crippen molar-refractivity contribution in [1.82, 2.24) is 0 Å². The SMILES string of the molecule is CCO[Si](OCC)(OCC)c1c[n+]2c(s1)-c1sc(-c3cc(C)c(-c4cc(C)c(-c5ccc(N(c6ccc(OC)cc6)c6ccc(OC)cc6)cc5)s4)s3)cc1[B-]2(c1c(C)cc(C)cc1C)c1c(C)cc(C)cc1C.COc1ccc(N(c2ccc(OC)cc2)c2ccc(-c3sc(-c4sc(-c5cc6c(s5)-c5scc[n+]5[B-]6(c5c(C)cc(C)cc5C)c5c(C)cc(C)cc5C)cc4C)cc3C)cc2)cc1. The van der Waals surface area contributed by atoms with E-state index in [0.717, 1.165) is 61.6 Å². The molecule has 138 heavy (non-hydrogen) atoms. The van der Waals surface area contributed by atoms with E-state index >= 15 is 0 Å². The van der Waals surface area contributed by atoms with Gasteiger partial charge in [-0.2, -0.15) is 0 Å². The number of thiazole rings is 2. The van der Waals surface area contributed by atoms with Crippen molar-refractivity contribution >= 4 is 183 Å². The minimum Gasteiger partial charge on any atom is -0.497 e. The Kier molecular flexibility index (Phi) is 26.8. The van der Waals surface area contributed by atoms with Gasteiger partial charge in [-0.3, -0.25) is 0 Å². The second kappa shape index (κ2) is 38.7. The number of hydrogen-bond acceptors (Lipinski definition) is 17. The lowest BCUT2D eigenvalue weighted by molar-refractivity contribution is -0.518. The zero-order valence-electron chi connectivity index (χ0n) is 82.9. The van der Waals surface area contributed by atoms with Crippen LogP contribution in [0.4, 0.5) is 34.1 Å². The van der Waals surface area contributed by atoms with E-state index in [4.69, 9.17) is 32.2 Å². The first-order valence-electron chi connectivity index (χ1n) is 47.3. The highest BCUT2D eigenvalue weighted by molar-refractivity contribution is 7.34. The normalized spacial score (nSPS) is 12.7. The fraction of sp³-hybridized carbons (Fsp3) is 0.224. The zero-order valence-corrected chi connectivity index (χ0v) is 90.4. The van der Waals surface area contributed by atoms with Crippen LogP contribution in [0, 0.1) is 111 Å². The van der Waals surface area contributed by atoms with Gasteiger partial charge in [0.15, 0.2) is 0 Å². The first-order valence-corrected chi connectivity index (χ1v) is 55.6. The highest BCUT2D eigenvalue weighted by atomic mass is 32.1. The molecule has 0 atom stereocenters. The molecule has 10 aromatic carbocycles. The molecule has 11 nitrogen and oxygen atoms in total. The topological polar surface area (TPSA) is 78.9 Å². The highest BCUT2D eigenvalue weighted by Gasteiger charge is 2.59. The summed E-state index contributed by atoms with van der Waals surface area (Å²) >= 11 is 15.2. The number of hydrogen-bond donors (Lipinski definition) is 0. The Hall–Kier alpha value is -11.3. The molecule has 0 fully saturated rings. The molecule has 0 bridgehead atoms. The summed E-state index contributed by atoms with van der Waals surface area (Å²) in [6.07, 6.45) is 1.48. The van der Waals surface area contributed by atoms with Crippen molar-refractivity contribution in [3.05, 3.63) is 337 Å². The molecule has 0 N–H and O–H groups in total. The van der Waals surface area contributed by atoms with Gasteiger partial charge in [-0.15, -0.1) is 101 Å². The molecule has 0 amide bonds. The molecular weight excluding hydrogens is 1870 g/mol. The van der Waals surface area contributed by atoms with Crippen molar-refractivity contribution in [3.63, 3.8) is 0 Å². The molecule has 10 heterocycles. The standard InChI is InChI=1S/C61H65BN2O5S4Si.C55H51BN2O2S4/c1-14-67-74(68-15-2,69-16-3)55-36-63-61(73-55)60-51(62(63,56-39(6)29-37(4)30-40(56)7)57-41(8)31-38(5)32-42(57)9)35-53(71-60)52-33-44(11)59(70-52)54-34-43(10)58(72-54)45-17-19-46(20-18-45)64(47-21-25-49(65-12)26-22-47)48-23-27-50(66-13)28-24-48;1-32-25-34(3)50(35(4)26-32)56(51-36(5)27-33(2)28-37(51)6)46-31-48(63-54(46)55-57(56)23-24-61-55)47-29-39(8)53(62-47)49-30-38(7)52(64-49)40-11-13-41(14-12-40)58(42-15-19-44(59-9)20-16-42)43-17-21-45(60-10)22-18-43/h17-36H,14-16H2,1-13H3;11-31H,1-10H3. The van der Waals surface area contributed by atoms with Crippen LogP contribution in [0.5, 0.6) is 23.0 Å². The third-order valence-electron chi connectivity index (χ3n) is 27.6. The van der Waals surface area contributed by atoms with Gasteiger partial charge in [0.2, 0.25) is 10.0 Å². The summed E-state index contributed by atoms with van der Waals surface area (Å²) < 4.78 is 48.3. The molecule has 0 radical (unpaired) electrons. The predicted molar refractivity (Wildman–Crippen MR) is 597 cm³/mol.